The number of hydrogen-bond acceptors (Lipinski definition) is 4. The predicted octanol–water partition coefficient (Wildman–Crippen LogP) is 7.19. The number of hydrogen-bond donors (Lipinski definition) is 2. The summed E-state index contributed by atoms with van der Waals surface area (Å²) in [6.07, 6.45) is 19.2. The van der Waals surface area contributed by atoms with E-state index >= 15 is 0 Å². The van der Waals surface area contributed by atoms with Gasteiger partial charge in [-0.25, -0.2) is 0 Å². The molecule has 0 aliphatic carbocycles. The van der Waals surface area contributed by atoms with E-state index in [-0.39, 0.29) is 12.8 Å². The Balaban J connectivity index is 3.66. The predicted molar refractivity (Wildman–Crippen MR) is 127 cm³/mol. The molecule has 0 aromatic heterocycles. The summed E-state index contributed by atoms with van der Waals surface area (Å²) in [6, 6.07) is 0. The minimum atomic E-state index is -0.957. The van der Waals surface area contributed by atoms with Crippen LogP contribution in [-0.2, 0) is 14.3 Å². The van der Waals surface area contributed by atoms with E-state index in [9.17, 15) is 14.7 Å². The van der Waals surface area contributed by atoms with E-state index < -0.39 is 24.1 Å². The third kappa shape index (κ3) is 21.9. The largest absolute Gasteiger partial charge is 0.481 e. The van der Waals surface area contributed by atoms with E-state index in [0.717, 1.165) is 32.1 Å². The number of ether oxygens (including phenoxy) is 1. The molecule has 2 atom stereocenters. The number of esters is 1. The number of carboxylic acids is 1. The number of carbonyl (C=O) groups excluding carboxylic acids is 1. The third-order valence-electron chi connectivity index (χ3n) is 5.87. The van der Waals surface area contributed by atoms with Gasteiger partial charge in [0.05, 0.1) is 18.9 Å². The van der Waals surface area contributed by atoms with Crippen LogP contribution in [0.3, 0.4) is 0 Å². The Morgan fingerprint density at radius 3 is 1.55 bits per heavy atom. The van der Waals surface area contributed by atoms with Crippen LogP contribution < -0.4 is 0 Å². The molecule has 0 rings (SSSR count). The van der Waals surface area contributed by atoms with Crippen LogP contribution in [0.4, 0.5) is 0 Å². The molecule has 184 valence electrons. The summed E-state index contributed by atoms with van der Waals surface area (Å²) < 4.78 is 5.32. The van der Waals surface area contributed by atoms with Crippen LogP contribution in [0.5, 0.6) is 0 Å². The minimum absolute atomic E-state index is 0.0395. The fourth-order valence-electron chi connectivity index (χ4n) is 3.95. The Morgan fingerprint density at radius 1 is 0.645 bits per heavy atom. The van der Waals surface area contributed by atoms with Gasteiger partial charge in [0.1, 0.15) is 6.10 Å². The molecule has 0 aromatic carbocycles. The van der Waals surface area contributed by atoms with Gasteiger partial charge in [0, 0.05) is 0 Å². The summed E-state index contributed by atoms with van der Waals surface area (Å²) in [6.45, 7) is 4.33. The van der Waals surface area contributed by atoms with Crippen LogP contribution >= 0.6 is 0 Å². The molecule has 0 saturated heterocycles. The van der Waals surface area contributed by atoms with E-state index in [1.165, 1.54) is 70.6 Å². The molecule has 0 aromatic rings. The van der Waals surface area contributed by atoms with Gasteiger partial charge >= 0.3 is 11.9 Å². The molecule has 0 spiro atoms. The molecule has 2 unspecified atom stereocenters. The Bertz CT molecular complexity index is 424. The SMILES string of the molecule is CCCCCCCCCCCCCCCC(O)CC(=O)OC(CCCCC)CC(=O)O. The fraction of sp³-hybridized carbons (Fsp3) is 0.923. The molecule has 0 heterocycles. The van der Waals surface area contributed by atoms with Gasteiger partial charge in [0.15, 0.2) is 0 Å². The lowest BCUT2D eigenvalue weighted by atomic mass is 10.0. The van der Waals surface area contributed by atoms with Crippen LogP contribution in [0.2, 0.25) is 0 Å². The Morgan fingerprint density at radius 2 is 1.06 bits per heavy atom. The molecule has 0 amide bonds. The van der Waals surface area contributed by atoms with E-state index in [0.29, 0.717) is 12.8 Å². The molecule has 0 radical (unpaired) electrons. The number of aliphatic hydroxyl groups is 1. The van der Waals surface area contributed by atoms with Crippen molar-refractivity contribution in [3.8, 4) is 0 Å². The number of unbranched alkanes of at least 4 members (excludes halogenated alkanes) is 14. The summed E-state index contributed by atoms with van der Waals surface area (Å²) in [7, 11) is 0. The fourth-order valence-corrected chi connectivity index (χ4v) is 3.95. The van der Waals surface area contributed by atoms with Crippen molar-refractivity contribution in [1.29, 1.82) is 0 Å². The first-order chi connectivity index (χ1) is 15.0. The summed E-state index contributed by atoms with van der Waals surface area (Å²) in [4.78, 5) is 23.0. The average molecular weight is 443 g/mol. The summed E-state index contributed by atoms with van der Waals surface area (Å²) in [5.74, 6) is -1.44. The van der Waals surface area contributed by atoms with Gasteiger partial charge in [-0.3, -0.25) is 9.59 Å². The lowest BCUT2D eigenvalue weighted by Gasteiger charge is -2.17. The number of rotatable bonds is 23. The molecule has 5 nitrogen and oxygen atoms in total. The normalized spacial score (nSPS) is 13.1. The molecule has 31 heavy (non-hydrogen) atoms. The molecule has 0 aliphatic heterocycles. The van der Waals surface area contributed by atoms with E-state index in [2.05, 4.69) is 13.8 Å². The first-order valence-corrected chi connectivity index (χ1v) is 13.1. The number of aliphatic hydroxyl groups excluding tert-OH is 1. The lowest BCUT2D eigenvalue weighted by molar-refractivity contribution is -0.155. The maximum atomic E-state index is 12.0. The van der Waals surface area contributed by atoms with Crippen LogP contribution in [0, 0.1) is 0 Å². The van der Waals surface area contributed by atoms with Gasteiger partial charge in [0.2, 0.25) is 0 Å². The summed E-state index contributed by atoms with van der Waals surface area (Å²) in [5, 5.41) is 19.1. The minimum Gasteiger partial charge on any atom is -0.481 e. The first kappa shape index (κ1) is 29.9. The molecule has 5 heteroatoms. The maximum absolute atomic E-state index is 12.0. The smallest absolute Gasteiger partial charge is 0.308 e. The monoisotopic (exact) mass is 442 g/mol. The van der Waals surface area contributed by atoms with Crippen molar-refractivity contribution in [1.82, 2.24) is 0 Å². The van der Waals surface area contributed by atoms with Crippen LogP contribution in [0.1, 0.15) is 142 Å². The van der Waals surface area contributed by atoms with Crippen molar-refractivity contribution in [3.05, 3.63) is 0 Å². The second kappa shape index (κ2) is 22.1. The van der Waals surface area contributed by atoms with Gasteiger partial charge in [-0.2, -0.15) is 0 Å². The van der Waals surface area contributed by atoms with Crippen molar-refractivity contribution >= 4 is 11.9 Å². The van der Waals surface area contributed by atoms with Gasteiger partial charge in [-0.15, -0.1) is 0 Å². The van der Waals surface area contributed by atoms with Gasteiger partial charge in [-0.1, -0.05) is 110 Å². The van der Waals surface area contributed by atoms with Crippen LogP contribution in [-0.4, -0.2) is 34.4 Å². The Kier molecular flexibility index (Phi) is 21.3. The van der Waals surface area contributed by atoms with Crippen molar-refractivity contribution < 1.29 is 24.5 Å². The van der Waals surface area contributed by atoms with Gasteiger partial charge in [-0.05, 0) is 19.3 Å². The highest BCUT2D eigenvalue weighted by Crippen LogP contribution is 2.16. The van der Waals surface area contributed by atoms with Crippen molar-refractivity contribution in [2.24, 2.45) is 0 Å². The summed E-state index contributed by atoms with van der Waals surface area (Å²) in [5.41, 5.74) is 0. The van der Waals surface area contributed by atoms with Crippen molar-refractivity contribution in [2.45, 2.75) is 154 Å². The summed E-state index contributed by atoms with van der Waals surface area (Å²) >= 11 is 0. The number of aliphatic carboxylic acids is 1. The lowest BCUT2D eigenvalue weighted by Crippen LogP contribution is -2.24. The van der Waals surface area contributed by atoms with Crippen molar-refractivity contribution in [3.63, 3.8) is 0 Å². The number of carbonyl (C=O) groups is 2. The zero-order chi connectivity index (χ0) is 23.2. The molecule has 0 aliphatic rings. The van der Waals surface area contributed by atoms with Crippen LogP contribution in [0.25, 0.3) is 0 Å². The maximum Gasteiger partial charge on any atom is 0.308 e. The van der Waals surface area contributed by atoms with Crippen LogP contribution in [0.15, 0.2) is 0 Å². The highest BCUT2D eigenvalue weighted by Gasteiger charge is 2.20. The van der Waals surface area contributed by atoms with Crippen molar-refractivity contribution in [2.75, 3.05) is 0 Å². The molecule has 0 fully saturated rings. The standard InChI is InChI=1S/C26H50O5/c1-3-5-7-8-9-10-11-12-13-14-15-16-18-19-23(27)21-26(30)31-24(22-25(28)29)20-17-6-4-2/h23-24,27H,3-22H2,1-2H3,(H,28,29). The highest BCUT2D eigenvalue weighted by atomic mass is 16.5. The van der Waals surface area contributed by atoms with E-state index in [1.54, 1.807) is 0 Å². The zero-order valence-electron chi connectivity index (χ0n) is 20.4. The topological polar surface area (TPSA) is 83.8 Å². The van der Waals surface area contributed by atoms with Gasteiger partial charge in [0.25, 0.3) is 0 Å². The highest BCUT2D eigenvalue weighted by molar-refractivity contribution is 5.71. The number of carboxylic acid groups (broad SMARTS) is 1. The average Bonchev–Trinajstić information content (AvgIpc) is 2.71. The first-order valence-electron chi connectivity index (χ1n) is 13.1. The Hall–Kier alpha value is -1.10. The van der Waals surface area contributed by atoms with E-state index in [4.69, 9.17) is 9.84 Å². The second-order valence-corrected chi connectivity index (χ2v) is 9.09. The third-order valence-corrected chi connectivity index (χ3v) is 5.87. The van der Waals surface area contributed by atoms with Gasteiger partial charge < -0.3 is 14.9 Å². The molecular formula is C26H50O5. The quantitative estimate of drug-likeness (QED) is 0.129. The molecule has 0 bridgehead atoms. The molecule has 0 saturated carbocycles. The zero-order valence-corrected chi connectivity index (χ0v) is 20.4. The molecular weight excluding hydrogens is 392 g/mol. The molecule has 2 N–H and O–H groups in total. The Labute approximate surface area is 191 Å². The second-order valence-electron chi connectivity index (χ2n) is 9.09. The van der Waals surface area contributed by atoms with E-state index in [1.807, 2.05) is 0 Å².